The van der Waals surface area contributed by atoms with Gasteiger partial charge in [0, 0.05) is 29.8 Å². The van der Waals surface area contributed by atoms with Gasteiger partial charge in [0.2, 0.25) is 0 Å². The number of primary amides is 1. The summed E-state index contributed by atoms with van der Waals surface area (Å²) in [7, 11) is 0. The first-order valence-electron chi connectivity index (χ1n) is 11.1. The largest absolute Gasteiger partial charge is 0.457 e. The number of carbonyl (C=O) groups excluding carboxylic acids is 1. The molecular weight excluding hydrogens is 433 g/mol. The summed E-state index contributed by atoms with van der Waals surface area (Å²) in [5.74, 6) is 6.60. The molecule has 0 radical (unpaired) electrons. The molecular formula is C26H24FN5O2. The number of halogens is 1. The molecule has 8 heteroatoms. The Morgan fingerprint density at radius 1 is 1.21 bits per heavy atom. The molecule has 1 atom stereocenters. The number of nitrogens with zero attached hydrogens (tertiary/aromatic N) is 3. The van der Waals surface area contributed by atoms with Crippen molar-refractivity contribution in [2.75, 3.05) is 19.6 Å². The molecule has 2 aromatic carbocycles. The van der Waals surface area contributed by atoms with E-state index in [0.29, 0.717) is 34.5 Å². The van der Waals surface area contributed by atoms with Crippen LogP contribution < -0.4 is 10.5 Å². The number of amides is 1. The van der Waals surface area contributed by atoms with Crippen molar-refractivity contribution in [1.82, 2.24) is 19.5 Å². The summed E-state index contributed by atoms with van der Waals surface area (Å²) < 4.78 is 20.6. The second-order valence-corrected chi connectivity index (χ2v) is 8.29. The minimum absolute atomic E-state index is 0.301. The van der Waals surface area contributed by atoms with Crippen LogP contribution in [-0.2, 0) is 0 Å². The fourth-order valence-electron chi connectivity index (χ4n) is 4.41. The predicted octanol–water partition coefficient (Wildman–Crippen LogP) is 4.17. The zero-order valence-electron chi connectivity index (χ0n) is 18.7. The number of ether oxygens (including phenoxy) is 1. The zero-order valence-corrected chi connectivity index (χ0v) is 18.7. The van der Waals surface area contributed by atoms with E-state index in [9.17, 15) is 9.18 Å². The van der Waals surface area contributed by atoms with E-state index in [1.54, 1.807) is 28.8 Å². The lowest BCUT2D eigenvalue weighted by atomic mass is 10.0. The van der Waals surface area contributed by atoms with Crippen molar-refractivity contribution in [2.45, 2.75) is 19.3 Å². The molecule has 1 amide bonds. The molecule has 1 saturated heterocycles. The van der Waals surface area contributed by atoms with Gasteiger partial charge in [-0.05, 0) is 68.4 Å². The summed E-state index contributed by atoms with van der Waals surface area (Å²) in [6.07, 6.45) is 2.92. The third-order valence-corrected chi connectivity index (χ3v) is 6.09. The van der Waals surface area contributed by atoms with E-state index in [2.05, 4.69) is 21.8 Å². The van der Waals surface area contributed by atoms with Gasteiger partial charge in [-0.15, -0.1) is 5.92 Å². The number of hydrogen-bond donors (Lipinski definition) is 2. The Hall–Kier alpha value is -4.09. The summed E-state index contributed by atoms with van der Waals surface area (Å²) in [5, 5.41) is 3.16. The number of nitrogens with two attached hydrogens (primary N) is 1. The maximum Gasteiger partial charge on any atom is 0.269 e. The molecule has 1 unspecified atom stereocenters. The van der Waals surface area contributed by atoms with Gasteiger partial charge in [-0.25, -0.2) is 13.9 Å². The summed E-state index contributed by atoms with van der Waals surface area (Å²) in [6.45, 7) is 4.47. The Kier molecular flexibility index (Phi) is 5.78. The Bertz CT molecular complexity index is 1390. The molecule has 4 aromatic rings. The molecule has 0 bridgehead atoms. The van der Waals surface area contributed by atoms with E-state index >= 15 is 0 Å². The number of fused-ring (bicyclic) bond motifs is 1. The second kappa shape index (κ2) is 9.04. The van der Waals surface area contributed by atoms with Crippen LogP contribution in [-0.4, -0.2) is 45.0 Å². The molecule has 1 fully saturated rings. The standard InChI is InChI=1S/C26H24FN5O2/c1-2-3-13-31-14-12-18(16-31)22-15-29-32-24(25(28)33)23(30-26(22)32)17-4-8-20(9-5-17)34-21-10-6-19(27)7-11-21/h4-11,15,18,29H,12-14,16H2,1H3,(H2,28,33). The van der Waals surface area contributed by atoms with Crippen LogP contribution in [0.15, 0.2) is 54.7 Å². The van der Waals surface area contributed by atoms with Crippen molar-refractivity contribution in [3.05, 3.63) is 71.8 Å². The third-order valence-electron chi connectivity index (χ3n) is 6.09. The molecule has 0 aliphatic carbocycles. The van der Waals surface area contributed by atoms with Gasteiger partial charge in [-0.1, -0.05) is 5.92 Å². The highest BCUT2D eigenvalue weighted by Gasteiger charge is 2.29. The molecule has 172 valence electrons. The molecule has 34 heavy (non-hydrogen) atoms. The Balaban J connectivity index is 1.44. The highest BCUT2D eigenvalue weighted by atomic mass is 19.1. The van der Waals surface area contributed by atoms with Crippen molar-refractivity contribution in [3.8, 4) is 34.6 Å². The Morgan fingerprint density at radius 2 is 1.91 bits per heavy atom. The molecule has 2 aromatic heterocycles. The fourth-order valence-corrected chi connectivity index (χ4v) is 4.41. The number of benzene rings is 2. The zero-order chi connectivity index (χ0) is 23.7. The van der Waals surface area contributed by atoms with E-state index in [1.807, 2.05) is 25.3 Å². The predicted molar refractivity (Wildman–Crippen MR) is 127 cm³/mol. The molecule has 0 saturated carbocycles. The Morgan fingerprint density at radius 3 is 2.59 bits per heavy atom. The summed E-state index contributed by atoms with van der Waals surface area (Å²) in [5.41, 5.74) is 9.09. The van der Waals surface area contributed by atoms with E-state index in [-0.39, 0.29) is 5.82 Å². The lowest BCUT2D eigenvalue weighted by Crippen LogP contribution is -2.20. The lowest BCUT2D eigenvalue weighted by molar-refractivity contribution is 0.0994. The van der Waals surface area contributed by atoms with Crippen molar-refractivity contribution in [3.63, 3.8) is 0 Å². The van der Waals surface area contributed by atoms with E-state index < -0.39 is 5.91 Å². The van der Waals surface area contributed by atoms with Gasteiger partial charge < -0.3 is 10.5 Å². The van der Waals surface area contributed by atoms with Crippen LogP contribution in [0.5, 0.6) is 11.5 Å². The van der Waals surface area contributed by atoms with E-state index in [0.717, 1.165) is 37.2 Å². The van der Waals surface area contributed by atoms with Gasteiger partial charge in [0.25, 0.3) is 5.91 Å². The van der Waals surface area contributed by atoms with Crippen molar-refractivity contribution < 1.29 is 13.9 Å². The molecule has 5 rings (SSSR count). The van der Waals surface area contributed by atoms with Gasteiger partial charge in [0.05, 0.1) is 6.54 Å². The van der Waals surface area contributed by atoms with Gasteiger partial charge in [-0.3, -0.25) is 14.8 Å². The average Bonchev–Trinajstić information content (AvgIpc) is 3.54. The maximum absolute atomic E-state index is 13.1. The normalized spacial score (nSPS) is 15.9. The molecule has 1 aliphatic rings. The lowest BCUT2D eigenvalue weighted by Gasteiger charge is -2.11. The van der Waals surface area contributed by atoms with Crippen LogP contribution in [0.1, 0.15) is 35.3 Å². The number of likely N-dealkylation sites (tertiary alicyclic amines) is 1. The first-order chi connectivity index (χ1) is 16.5. The Labute approximate surface area is 196 Å². The van der Waals surface area contributed by atoms with Gasteiger partial charge in [0.15, 0.2) is 11.3 Å². The quantitative estimate of drug-likeness (QED) is 0.425. The number of aromatic nitrogens is 3. The minimum Gasteiger partial charge on any atom is -0.457 e. The molecule has 1 aliphatic heterocycles. The van der Waals surface area contributed by atoms with Crippen molar-refractivity contribution >= 4 is 11.6 Å². The molecule has 3 heterocycles. The molecule has 0 spiro atoms. The topological polar surface area (TPSA) is 88.7 Å². The number of rotatable bonds is 6. The molecule has 3 N–H and O–H groups in total. The van der Waals surface area contributed by atoms with Crippen LogP contribution >= 0.6 is 0 Å². The maximum atomic E-state index is 13.1. The smallest absolute Gasteiger partial charge is 0.269 e. The summed E-state index contributed by atoms with van der Waals surface area (Å²) >= 11 is 0. The number of H-pyrrole nitrogens is 1. The SMILES string of the molecule is CC#CCN1CCC(c2c[nH]n3c(C(N)=O)c(-c4ccc(Oc5ccc(F)cc5)cc4)nc23)C1. The molecule has 7 nitrogen and oxygen atoms in total. The van der Waals surface area contributed by atoms with Crippen molar-refractivity contribution in [2.24, 2.45) is 5.73 Å². The average molecular weight is 458 g/mol. The van der Waals surface area contributed by atoms with Gasteiger partial charge >= 0.3 is 0 Å². The number of imidazole rings is 1. The summed E-state index contributed by atoms with van der Waals surface area (Å²) in [6, 6.07) is 13.0. The second-order valence-electron chi connectivity index (χ2n) is 8.29. The van der Waals surface area contributed by atoms with Crippen LogP contribution in [0, 0.1) is 17.7 Å². The first kappa shape index (κ1) is 21.7. The van der Waals surface area contributed by atoms with Crippen LogP contribution in [0.25, 0.3) is 16.9 Å². The van der Waals surface area contributed by atoms with E-state index in [1.165, 1.54) is 12.1 Å². The number of nitrogens with one attached hydrogen (secondary N) is 1. The van der Waals surface area contributed by atoms with E-state index in [4.69, 9.17) is 15.5 Å². The van der Waals surface area contributed by atoms with Gasteiger partial charge in [-0.2, -0.15) is 0 Å². The third kappa shape index (κ3) is 4.14. The number of hydrogen-bond acceptors (Lipinski definition) is 4. The number of aromatic amines is 1. The summed E-state index contributed by atoms with van der Waals surface area (Å²) in [4.78, 5) is 19.5. The highest BCUT2D eigenvalue weighted by Crippen LogP contribution is 2.33. The van der Waals surface area contributed by atoms with Crippen LogP contribution in [0.3, 0.4) is 0 Å². The fraction of sp³-hybridized carbons (Fsp3) is 0.231. The monoisotopic (exact) mass is 457 g/mol. The minimum atomic E-state index is -0.561. The highest BCUT2D eigenvalue weighted by molar-refractivity contribution is 5.98. The number of carbonyl (C=O) groups is 1. The van der Waals surface area contributed by atoms with Crippen LogP contribution in [0.2, 0.25) is 0 Å². The van der Waals surface area contributed by atoms with Crippen molar-refractivity contribution in [1.29, 1.82) is 0 Å². The van der Waals surface area contributed by atoms with Gasteiger partial charge in [0.1, 0.15) is 23.0 Å². The first-order valence-corrected chi connectivity index (χ1v) is 11.1. The van der Waals surface area contributed by atoms with Crippen LogP contribution in [0.4, 0.5) is 4.39 Å².